The minimum absolute atomic E-state index is 0.854. The van der Waals surface area contributed by atoms with Crippen LogP contribution in [-0.2, 0) is 0 Å². The van der Waals surface area contributed by atoms with Gasteiger partial charge in [0, 0.05) is 0 Å². The van der Waals surface area contributed by atoms with Crippen LogP contribution >= 0.6 is 0 Å². The highest BCUT2D eigenvalue weighted by Gasteiger charge is 2.23. The lowest BCUT2D eigenvalue weighted by atomic mass is 9.75. The van der Waals surface area contributed by atoms with Crippen molar-refractivity contribution in [1.82, 2.24) is 0 Å². The molecule has 0 N–H and O–H groups in total. The summed E-state index contributed by atoms with van der Waals surface area (Å²) in [5.41, 5.74) is 0. The van der Waals surface area contributed by atoms with Crippen LogP contribution in [-0.4, -0.2) is 0 Å². The van der Waals surface area contributed by atoms with E-state index in [-0.39, 0.29) is 0 Å². The first kappa shape index (κ1) is 28.0. The van der Waals surface area contributed by atoms with Gasteiger partial charge in [-0.15, -0.1) is 0 Å². The van der Waals surface area contributed by atoms with E-state index in [0.717, 1.165) is 11.8 Å². The van der Waals surface area contributed by atoms with Gasteiger partial charge in [-0.3, -0.25) is 0 Å². The Bertz CT molecular complexity index is 264. The van der Waals surface area contributed by atoms with Crippen LogP contribution in [0, 0.1) is 17.8 Å². The molecule has 0 heterocycles. The van der Waals surface area contributed by atoms with Crippen LogP contribution in [0.4, 0.5) is 0 Å². The van der Waals surface area contributed by atoms with Gasteiger partial charge in [0.2, 0.25) is 0 Å². The molecule has 2 atom stereocenters. The van der Waals surface area contributed by atoms with E-state index in [1.807, 2.05) is 5.92 Å². The van der Waals surface area contributed by atoms with E-state index in [2.05, 4.69) is 34.6 Å². The monoisotopic (exact) mass is 393 g/mol. The molecule has 0 nitrogen and oxygen atoms in total. The van der Waals surface area contributed by atoms with Gasteiger partial charge in [-0.1, -0.05) is 157 Å². The highest BCUT2D eigenvalue weighted by molar-refractivity contribution is 4.98. The molecule has 0 fully saturated rings. The van der Waals surface area contributed by atoms with Crippen molar-refractivity contribution in [1.29, 1.82) is 0 Å². The van der Waals surface area contributed by atoms with Gasteiger partial charge in [-0.25, -0.2) is 0 Å². The molecule has 0 aliphatic heterocycles. The minimum Gasteiger partial charge on any atom is -0.0654 e. The second-order valence-corrected chi connectivity index (χ2v) is 9.65. The van der Waals surface area contributed by atoms with Crippen molar-refractivity contribution in [3.05, 3.63) is 5.92 Å². The summed E-state index contributed by atoms with van der Waals surface area (Å²) in [6, 6.07) is 0. The molecule has 0 spiro atoms. The lowest BCUT2D eigenvalue weighted by molar-refractivity contribution is 0.366. The molecule has 0 amide bonds. The molecular weight excluding hydrogens is 336 g/mol. The molecule has 169 valence electrons. The van der Waals surface area contributed by atoms with Crippen LogP contribution in [0.3, 0.4) is 0 Å². The maximum atomic E-state index is 2.54. The molecule has 0 bridgehead atoms. The Labute approximate surface area is 181 Å². The van der Waals surface area contributed by atoms with Gasteiger partial charge >= 0.3 is 0 Å². The Morgan fingerprint density at radius 2 is 0.750 bits per heavy atom. The van der Waals surface area contributed by atoms with Crippen LogP contribution in [0.15, 0.2) is 0 Å². The normalized spacial score (nSPS) is 13.9. The minimum atomic E-state index is 0.854. The summed E-state index contributed by atoms with van der Waals surface area (Å²) in [5, 5.41) is 0. The Morgan fingerprint density at radius 1 is 0.429 bits per heavy atom. The predicted octanol–water partition coefficient (Wildman–Crippen LogP) is 10.7. The molecule has 0 aliphatic rings. The van der Waals surface area contributed by atoms with Gasteiger partial charge < -0.3 is 0 Å². The molecule has 0 heteroatoms. The average molecular weight is 394 g/mol. The van der Waals surface area contributed by atoms with E-state index in [9.17, 15) is 0 Å². The SMILES string of the molecule is CCCCCCCCCCC[C](C(C)CCCCCC)C(C)CCCCCC. The van der Waals surface area contributed by atoms with Crippen molar-refractivity contribution in [2.45, 2.75) is 163 Å². The highest BCUT2D eigenvalue weighted by Crippen LogP contribution is 2.35. The molecule has 1 radical (unpaired) electrons. The lowest BCUT2D eigenvalue weighted by Gasteiger charge is -2.30. The number of hydrogen-bond acceptors (Lipinski definition) is 0. The molecule has 0 aliphatic carbocycles. The molecular formula is C28H57. The molecule has 0 saturated carbocycles. The van der Waals surface area contributed by atoms with Gasteiger partial charge in [0.05, 0.1) is 0 Å². The Balaban J connectivity index is 4.13. The first-order chi connectivity index (χ1) is 13.7. The van der Waals surface area contributed by atoms with E-state index < -0.39 is 0 Å². The second-order valence-electron chi connectivity index (χ2n) is 9.65. The number of rotatable bonds is 22. The van der Waals surface area contributed by atoms with Crippen molar-refractivity contribution in [3.63, 3.8) is 0 Å². The van der Waals surface area contributed by atoms with Crippen LogP contribution in [0.25, 0.3) is 0 Å². The zero-order valence-electron chi connectivity index (χ0n) is 20.8. The molecule has 0 saturated heterocycles. The van der Waals surface area contributed by atoms with Gasteiger partial charge in [-0.2, -0.15) is 0 Å². The molecule has 0 aromatic carbocycles. The van der Waals surface area contributed by atoms with Gasteiger partial charge in [0.1, 0.15) is 0 Å². The van der Waals surface area contributed by atoms with E-state index in [0.29, 0.717) is 0 Å². The fourth-order valence-corrected chi connectivity index (χ4v) is 4.74. The van der Waals surface area contributed by atoms with Crippen LogP contribution in [0.1, 0.15) is 163 Å². The second kappa shape index (κ2) is 21.7. The molecule has 2 unspecified atom stereocenters. The predicted molar refractivity (Wildman–Crippen MR) is 131 cm³/mol. The van der Waals surface area contributed by atoms with Gasteiger partial charge in [-0.05, 0) is 24.2 Å². The summed E-state index contributed by atoms with van der Waals surface area (Å²) in [5.74, 6) is 3.63. The summed E-state index contributed by atoms with van der Waals surface area (Å²) in [6.45, 7) is 12.0. The Morgan fingerprint density at radius 3 is 1.14 bits per heavy atom. The number of hydrogen-bond donors (Lipinski definition) is 0. The van der Waals surface area contributed by atoms with Crippen molar-refractivity contribution in [2.75, 3.05) is 0 Å². The summed E-state index contributed by atoms with van der Waals surface area (Å²) >= 11 is 0. The maximum Gasteiger partial charge on any atom is -0.0185 e. The summed E-state index contributed by atoms with van der Waals surface area (Å²) < 4.78 is 0. The molecule has 0 aromatic rings. The third kappa shape index (κ3) is 16.9. The summed E-state index contributed by atoms with van der Waals surface area (Å²) in [4.78, 5) is 0. The van der Waals surface area contributed by atoms with Crippen LogP contribution in [0.5, 0.6) is 0 Å². The average Bonchev–Trinajstić information content (AvgIpc) is 2.69. The maximum absolute atomic E-state index is 2.54. The fourth-order valence-electron chi connectivity index (χ4n) is 4.74. The zero-order chi connectivity index (χ0) is 20.9. The largest absolute Gasteiger partial charge is 0.0654 e. The standard InChI is InChI=1S/C28H57/c1-6-9-12-15-16-17-18-19-22-25-28(26(4)23-20-13-10-7-2)27(5)24-21-14-11-8-3/h26-27H,6-25H2,1-5H3. The molecule has 28 heavy (non-hydrogen) atoms. The third-order valence-electron chi connectivity index (χ3n) is 6.82. The van der Waals surface area contributed by atoms with Crippen molar-refractivity contribution in [2.24, 2.45) is 11.8 Å². The first-order valence-electron chi connectivity index (χ1n) is 13.5. The smallest absolute Gasteiger partial charge is 0.0185 e. The molecule has 0 aromatic heterocycles. The highest BCUT2D eigenvalue weighted by atomic mass is 14.3. The van der Waals surface area contributed by atoms with E-state index in [1.54, 1.807) is 0 Å². The fraction of sp³-hybridized carbons (Fsp3) is 0.964. The third-order valence-corrected chi connectivity index (χ3v) is 6.82. The van der Waals surface area contributed by atoms with Crippen molar-refractivity contribution in [3.8, 4) is 0 Å². The van der Waals surface area contributed by atoms with Crippen molar-refractivity contribution >= 4 is 0 Å². The zero-order valence-corrected chi connectivity index (χ0v) is 20.8. The number of unbranched alkanes of at least 4 members (excludes halogenated alkanes) is 14. The van der Waals surface area contributed by atoms with E-state index in [1.165, 1.54) is 128 Å². The molecule has 0 rings (SSSR count). The lowest BCUT2D eigenvalue weighted by Crippen LogP contribution is -2.18. The topological polar surface area (TPSA) is 0 Å². The van der Waals surface area contributed by atoms with E-state index >= 15 is 0 Å². The van der Waals surface area contributed by atoms with E-state index in [4.69, 9.17) is 0 Å². The van der Waals surface area contributed by atoms with Crippen molar-refractivity contribution < 1.29 is 0 Å². The summed E-state index contributed by atoms with van der Waals surface area (Å²) in [6.07, 6.45) is 28.7. The Kier molecular flexibility index (Phi) is 21.7. The quantitative estimate of drug-likeness (QED) is 0.160. The summed E-state index contributed by atoms with van der Waals surface area (Å²) in [7, 11) is 0. The van der Waals surface area contributed by atoms with Gasteiger partial charge in [0.25, 0.3) is 0 Å². The van der Waals surface area contributed by atoms with Crippen LogP contribution in [0.2, 0.25) is 0 Å². The van der Waals surface area contributed by atoms with Crippen LogP contribution < -0.4 is 0 Å². The first-order valence-corrected chi connectivity index (χ1v) is 13.5. The van der Waals surface area contributed by atoms with Gasteiger partial charge in [0.15, 0.2) is 0 Å². The Hall–Kier alpha value is 0.